The van der Waals surface area contributed by atoms with Crippen LogP contribution in [0.3, 0.4) is 0 Å². The van der Waals surface area contributed by atoms with E-state index in [1.807, 2.05) is 0 Å². The highest BCUT2D eigenvalue weighted by atomic mass is 19.2. The van der Waals surface area contributed by atoms with Crippen molar-refractivity contribution in [2.45, 2.75) is 6.42 Å². The summed E-state index contributed by atoms with van der Waals surface area (Å²) < 4.78 is 38.2. The minimum absolute atomic E-state index is 0.0232. The predicted molar refractivity (Wildman–Crippen MR) is 44.0 cm³/mol. The van der Waals surface area contributed by atoms with Gasteiger partial charge in [-0.3, -0.25) is 0 Å². The average molecular weight is 201 g/mol. The first-order valence-corrected chi connectivity index (χ1v) is 3.79. The molecule has 14 heavy (non-hydrogen) atoms. The van der Waals surface area contributed by atoms with Crippen molar-refractivity contribution in [3.63, 3.8) is 0 Å². The van der Waals surface area contributed by atoms with Crippen molar-refractivity contribution < 1.29 is 13.2 Å². The van der Waals surface area contributed by atoms with Crippen molar-refractivity contribution in [3.8, 4) is 0 Å². The van der Waals surface area contributed by atoms with Crippen LogP contribution in [0.5, 0.6) is 0 Å². The molecule has 0 fully saturated rings. The van der Waals surface area contributed by atoms with Crippen molar-refractivity contribution in [1.82, 2.24) is 0 Å². The van der Waals surface area contributed by atoms with E-state index in [4.69, 9.17) is 5.53 Å². The van der Waals surface area contributed by atoms with E-state index in [1.165, 1.54) is 0 Å². The first-order chi connectivity index (χ1) is 6.65. The Labute approximate surface area is 77.8 Å². The lowest BCUT2D eigenvalue weighted by atomic mass is 10.1. The third kappa shape index (κ3) is 2.40. The van der Waals surface area contributed by atoms with Gasteiger partial charge >= 0.3 is 0 Å². The van der Waals surface area contributed by atoms with Crippen molar-refractivity contribution in [3.05, 3.63) is 45.6 Å². The monoisotopic (exact) mass is 201 g/mol. The number of hydrogen-bond acceptors (Lipinski definition) is 1. The summed E-state index contributed by atoms with van der Waals surface area (Å²) in [7, 11) is 0. The Morgan fingerprint density at radius 3 is 2.64 bits per heavy atom. The molecular weight excluding hydrogens is 195 g/mol. The summed E-state index contributed by atoms with van der Waals surface area (Å²) in [5, 5.41) is 3.14. The molecule has 0 radical (unpaired) electrons. The summed E-state index contributed by atoms with van der Waals surface area (Å²) in [5.41, 5.74) is 7.81. The molecule has 0 bridgehead atoms. The van der Waals surface area contributed by atoms with Gasteiger partial charge in [0.15, 0.2) is 11.6 Å². The zero-order chi connectivity index (χ0) is 10.6. The first kappa shape index (κ1) is 10.4. The van der Waals surface area contributed by atoms with Crippen LogP contribution >= 0.6 is 0 Å². The van der Waals surface area contributed by atoms with Gasteiger partial charge in [-0.1, -0.05) is 5.11 Å². The average Bonchev–Trinajstić information content (AvgIpc) is 2.13. The molecule has 6 heteroatoms. The molecule has 0 aromatic heterocycles. The van der Waals surface area contributed by atoms with Crippen LogP contribution in [-0.4, -0.2) is 6.54 Å². The van der Waals surface area contributed by atoms with E-state index in [9.17, 15) is 13.2 Å². The van der Waals surface area contributed by atoms with E-state index in [0.29, 0.717) is 6.07 Å². The molecule has 1 aromatic carbocycles. The molecule has 74 valence electrons. The standard InChI is InChI=1S/C8H6F3N3/c9-6-3-5(1-2-13-14-12)8(11)7(10)4-6/h3-4H,1-2H2. The normalized spacial score (nSPS) is 9.64. The minimum Gasteiger partial charge on any atom is -0.207 e. The van der Waals surface area contributed by atoms with Crippen LogP contribution < -0.4 is 0 Å². The largest absolute Gasteiger partial charge is 0.207 e. The van der Waals surface area contributed by atoms with Crippen LogP contribution in [0.4, 0.5) is 13.2 Å². The van der Waals surface area contributed by atoms with Crippen LogP contribution in [0.25, 0.3) is 10.4 Å². The SMILES string of the molecule is [N-]=[N+]=NCCc1cc(F)cc(F)c1F. The third-order valence-electron chi connectivity index (χ3n) is 1.61. The molecular formula is C8H6F3N3. The number of nitrogens with zero attached hydrogens (tertiary/aromatic N) is 3. The Bertz CT molecular complexity index is 386. The number of hydrogen-bond donors (Lipinski definition) is 0. The lowest BCUT2D eigenvalue weighted by Gasteiger charge is -2.01. The highest BCUT2D eigenvalue weighted by molar-refractivity contribution is 5.20. The summed E-state index contributed by atoms with van der Waals surface area (Å²) in [6.45, 7) is -0.0314. The quantitative estimate of drug-likeness (QED) is 0.312. The molecule has 0 atom stereocenters. The molecule has 1 aromatic rings. The topological polar surface area (TPSA) is 48.8 Å². The Balaban J connectivity index is 2.90. The van der Waals surface area contributed by atoms with Crippen LogP contribution in [0, 0.1) is 17.5 Å². The fourth-order valence-corrected chi connectivity index (χ4v) is 1.01. The molecule has 0 aliphatic rings. The van der Waals surface area contributed by atoms with Crippen LogP contribution in [0.2, 0.25) is 0 Å². The number of azide groups is 1. The van der Waals surface area contributed by atoms with E-state index >= 15 is 0 Å². The second-order valence-electron chi connectivity index (χ2n) is 2.57. The highest BCUT2D eigenvalue weighted by Crippen LogP contribution is 2.14. The van der Waals surface area contributed by atoms with Crippen LogP contribution in [0.1, 0.15) is 5.56 Å². The van der Waals surface area contributed by atoms with Gasteiger partial charge in [0.1, 0.15) is 5.82 Å². The third-order valence-corrected chi connectivity index (χ3v) is 1.61. The van der Waals surface area contributed by atoms with Gasteiger partial charge in [-0.05, 0) is 23.6 Å². The van der Waals surface area contributed by atoms with Crippen LogP contribution in [-0.2, 0) is 6.42 Å². The molecule has 1 rings (SSSR count). The molecule has 0 spiro atoms. The summed E-state index contributed by atoms with van der Waals surface area (Å²) in [6.07, 6.45) is -0.0232. The van der Waals surface area contributed by atoms with Gasteiger partial charge in [0.25, 0.3) is 0 Å². The lowest BCUT2D eigenvalue weighted by Crippen LogP contribution is -1.98. The van der Waals surface area contributed by atoms with Gasteiger partial charge < -0.3 is 0 Å². The molecule has 0 saturated carbocycles. The lowest BCUT2D eigenvalue weighted by molar-refractivity contribution is 0.485. The zero-order valence-electron chi connectivity index (χ0n) is 7.04. The summed E-state index contributed by atoms with van der Waals surface area (Å²) >= 11 is 0. The van der Waals surface area contributed by atoms with E-state index < -0.39 is 17.5 Å². The first-order valence-electron chi connectivity index (χ1n) is 3.79. The number of rotatable bonds is 3. The van der Waals surface area contributed by atoms with E-state index in [0.717, 1.165) is 6.07 Å². The molecule has 0 heterocycles. The molecule has 3 nitrogen and oxygen atoms in total. The Morgan fingerprint density at radius 2 is 2.00 bits per heavy atom. The van der Waals surface area contributed by atoms with Crippen LogP contribution in [0.15, 0.2) is 17.2 Å². The van der Waals surface area contributed by atoms with Gasteiger partial charge in [-0.15, -0.1) is 0 Å². The summed E-state index contributed by atoms with van der Waals surface area (Å²) in [4.78, 5) is 2.44. The van der Waals surface area contributed by atoms with Gasteiger partial charge in [-0.25, -0.2) is 13.2 Å². The van der Waals surface area contributed by atoms with Crippen molar-refractivity contribution in [2.75, 3.05) is 6.54 Å². The molecule has 0 aliphatic heterocycles. The zero-order valence-corrected chi connectivity index (χ0v) is 7.04. The van der Waals surface area contributed by atoms with Gasteiger partial charge in [-0.2, -0.15) is 0 Å². The van der Waals surface area contributed by atoms with Crippen molar-refractivity contribution >= 4 is 0 Å². The predicted octanol–water partition coefficient (Wildman–Crippen LogP) is 2.96. The second-order valence-corrected chi connectivity index (χ2v) is 2.57. The van der Waals surface area contributed by atoms with Gasteiger partial charge in [0.05, 0.1) is 0 Å². The maximum absolute atomic E-state index is 12.9. The molecule has 0 unspecified atom stereocenters. The Kier molecular flexibility index (Phi) is 3.36. The van der Waals surface area contributed by atoms with Crippen molar-refractivity contribution in [1.29, 1.82) is 0 Å². The fraction of sp³-hybridized carbons (Fsp3) is 0.250. The maximum atomic E-state index is 12.9. The molecule has 0 amide bonds. The van der Waals surface area contributed by atoms with Gasteiger partial charge in [0, 0.05) is 17.5 Å². The number of halogens is 3. The number of benzene rings is 1. The summed E-state index contributed by atoms with van der Waals surface area (Å²) in [6, 6.07) is 1.34. The van der Waals surface area contributed by atoms with E-state index in [1.54, 1.807) is 0 Å². The van der Waals surface area contributed by atoms with Crippen molar-refractivity contribution in [2.24, 2.45) is 5.11 Å². The Hall–Kier alpha value is -1.68. The molecule has 0 saturated heterocycles. The Morgan fingerprint density at radius 1 is 1.29 bits per heavy atom. The molecule has 0 N–H and O–H groups in total. The minimum atomic E-state index is -1.24. The maximum Gasteiger partial charge on any atom is 0.162 e. The smallest absolute Gasteiger partial charge is 0.162 e. The molecule has 0 aliphatic carbocycles. The highest BCUT2D eigenvalue weighted by Gasteiger charge is 2.09. The van der Waals surface area contributed by atoms with E-state index in [-0.39, 0.29) is 18.5 Å². The van der Waals surface area contributed by atoms with E-state index in [2.05, 4.69) is 10.0 Å². The van der Waals surface area contributed by atoms with Gasteiger partial charge in [0.2, 0.25) is 0 Å². The summed E-state index contributed by atoms with van der Waals surface area (Å²) in [5.74, 6) is -3.18. The second kappa shape index (κ2) is 4.53. The fourth-order valence-electron chi connectivity index (χ4n) is 1.01.